The Hall–Kier alpha value is -2.14. The molecule has 0 radical (unpaired) electrons. The van der Waals surface area contributed by atoms with Gasteiger partial charge in [-0.25, -0.2) is 8.78 Å². The van der Waals surface area contributed by atoms with Gasteiger partial charge in [0.1, 0.15) is 5.82 Å². The number of amides is 1. The number of carbonyl (C=O) groups is 1. The van der Waals surface area contributed by atoms with Gasteiger partial charge in [0, 0.05) is 5.56 Å². The average molecular weight is 283 g/mol. The molecule has 0 saturated carbocycles. The Balaban J connectivity index is 2.26. The van der Waals surface area contributed by atoms with E-state index in [1.807, 2.05) is 0 Å². The molecule has 1 amide bonds. The summed E-state index contributed by atoms with van der Waals surface area (Å²) in [6, 6.07) is 7.79. The van der Waals surface area contributed by atoms with Crippen LogP contribution in [0.5, 0.6) is 0 Å². The topological polar surface area (TPSA) is 55.1 Å². The van der Waals surface area contributed by atoms with Crippen LogP contribution in [0, 0.1) is 11.6 Å². The third-order valence-electron chi connectivity index (χ3n) is 2.46. The number of anilines is 2. The smallest absolute Gasteiger partial charge is 0.255 e. The Kier molecular flexibility index (Phi) is 3.66. The van der Waals surface area contributed by atoms with Gasteiger partial charge < -0.3 is 11.1 Å². The highest BCUT2D eigenvalue weighted by Crippen LogP contribution is 2.22. The van der Waals surface area contributed by atoms with Gasteiger partial charge in [0.05, 0.1) is 16.4 Å². The highest BCUT2D eigenvalue weighted by atomic mass is 35.5. The van der Waals surface area contributed by atoms with Crippen molar-refractivity contribution < 1.29 is 13.6 Å². The first-order chi connectivity index (χ1) is 8.99. The Morgan fingerprint density at radius 2 is 1.95 bits per heavy atom. The second kappa shape index (κ2) is 5.24. The molecule has 0 fully saturated rings. The molecule has 2 aromatic carbocycles. The quantitative estimate of drug-likeness (QED) is 0.829. The molecular formula is C13H9ClF2N2O. The SMILES string of the molecule is Nc1ccc(C(=O)Nc2cccc(Cl)c2F)cc1F. The van der Waals surface area contributed by atoms with Crippen LogP contribution in [-0.2, 0) is 0 Å². The molecule has 0 heterocycles. The van der Waals surface area contributed by atoms with Crippen LogP contribution in [0.25, 0.3) is 0 Å². The average Bonchev–Trinajstić information content (AvgIpc) is 2.38. The standard InChI is InChI=1S/C13H9ClF2N2O/c14-8-2-1-3-11(12(8)16)18-13(19)7-4-5-10(17)9(15)6-7/h1-6H,17H2,(H,18,19). The molecule has 0 saturated heterocycles. The molecule has 0 aliphatic rings. The van der Waals surface area contributed by atoms with E-state index in [9.17, 15) is 13.6 Å². The van der Waals surface area contributed by atoms with E-state index in [1.54, 1.807) is 0 Å². The van der Waals surface area contributed by atoms with Gasteiger partial charge in [-0.2, -0.15) is 0 Å². The fraction of sp³-hybridized carbons (Fsp3) is 0. The first-order valence-corrected chi connectivity index (χ1v) is 5.67. The summed E-state index contributed by atoms with van der Waals surface area (Å²) in [6.45, 7) is 0. The maximum absolute atomic E-state index is 13.6. The lowest BCUT2D eigenvalue weighted by molar-refractivity contribution is 0.102. The second-order valence-electron chi connectivity index (χ2n) is 3.79. The van der Waals surface area contributed by atoms with Crippen molar-refractivity contribution in [2.24, 2.45) is 0 Å². The van der Waals surface area contributed by atoms with Crippen molar-refractivity contribution in [2.75, 3.05) is 11.1 Å². The molecule has 0 unspecified atom stereocenters. The first kappa shape index (κ1) is 13.3. The number of nitrogens with two attached hydrogens (primary N) is 1. The maximum Gasteiger partial charge on any atom is 0.255 e. The van der Waals surface area contributed by atoms with Crippen LogP contribution in [0.15, 0.2) is 36.4 Å². The Morgan fingerprint density at radius 1 is 1.21 bits per heavy atom. The number of rotatable bonds is 2. The van der Waals surface area contributed by atoms with Crippen LogP contribution in [0.1, 0.15) is 10.4 Å². The summed E-state index contributed by atoms with van der Waals surface area (Å²) in [5, 5.41) is 2.20. The Morgan fingerprint density at radius 3 is 2.63 bits per heavy atom. The minimum Gasteiger partial charge on any atom is -0.396 e. The van der Waals surface area contributed by atoms with Crippen LogP contribution >= 0.6 is 11.6 Å². The second-order valence-corrected chi connectivity index (χ2v) is 4.20. The molecule has 2 rings (SSSR count). The van der Waals surface area contributed by atoms with Crippen LogP contribution in [-0.4, -0.2) is 5.91 Å². The molecule has 0 atom stereocenters. The van der Waals surface area contributed by atoms with E-state index in [-0.39, 0.29) is 22.0 Å². The monoisotopic (exact) mass is 282 g/mol. The largest absolute Gasteiger partial charge is 0.396 e. The molecule has 3 N–H and O–H groups in total. The highest BCUT2D eigenvalue weighted by Gasteiger charge is 2.12. The predicted octanol–water partition coefficient (Wildman–Crippen LogP) is 3.45. The molecule has 0 aromatic heterocycles. The van der Waals surface area contributed by atoms with Crippen molar-refractivity contribution in [3.8, 4) is 0 Å². The van der Waals surface area contributed by atoms with E-state index in [1.165, 1.54) is 30.3 Å². The van der Waals surface area contributed by atoms with Gasteiger partial charge in [0.25, 0.3) is 5.91 Å². The zero-order valence-electron chi connectivity index (χ0n) is 9.58. The van der Waals surface area contributed by atoms with Crippen molar-refractivity contribution in [1.82, 2.24) is 0 Å². The van der Waals surface area contributed by atoms with Crippen molar-refractivity contribution in [3.05, 3.63) is 58.6 Å². The van der Waals surface area contributed by atoms with Gasteiger partial charge in [0.2, 0.25) is 0 Å². The van der Waals surface area contributed by atoms with Crippen LogP contribution in [0.4, 0.5) is 20.2 Å². The predicted molar refractivity (Wildman–Crippen MR) is 70.2 cm³/mol. The van der Waals surface area contributed by atoms with E-state index >= 15 is 0 Å². The minimum atomic E-state index is -0.742. The molecular weight excluding hydrogens is 274 g/mol. The molecule has 2 aromatic rings. The molecule has 3 nitrogen and oxygen atoms in total. The Labute approximate surface area is 113 Å². The summed E-state index contributed by atoms with van der Waals surface area (Å²) >= 11 is 5.59. The summed E-state index contributed by atoms with van der Waals surface area (Å²) < 4.78 is 26.8. The molecule has 19 heavy (non-hydrogen) atoms. The Bertz CT molecular complexity index is 647. The molecule has 98 valence electrons. The summed E-state index contributed by atoms with van der Waals surface area (Å²) in [6.07, 6.45) is 0. The zero-order chi connectivity index (χ0) is 14.0. The number of hydrogen-bond donors (Lipinski definition) is 2. The van der Waals surface area contributed by atoms with Gasteiger partial charge in [-0.3, -0.25) is 4.79 Å². The van der Waals surface area contributed by atoms with Gasteiger partial charge in [-0.1, -0.05) is 17.7 Å². The van der Waals surface area contributed by atoms with Crippen LogP contribution < -0.4 is 11.1 Å². The highest BCUT2D eigenvalue weighted by molar-refractivity contribution is 6.31. The van der Waals surface area contributed by atoms with Crippen LogP contribution in [0.3, 0.4) is 0 Å². The number of benzene rings is 2. The summed E-state index contributed by atoms with van der Waals surface area (Å²) in [7, 11) is 0. The minimum absolute atomic E-state index is 0.0334. The summed E-state index contributed by atoms with van der Waals surface area (Å²) in [5.74, 6) is -2.10. The van der Waals surface area contributed by atoms with Crippen molar-refractivity contribution in [1.29, 1.82) is 0 Å². The van der Waals surface area contributed by atoms with E-state index in [2.05, 4.69) is 5.32 Å². The number of hydrogen-bond acceptors (Lipinski definition) is 2. The third kappa shape index (κ3) is 2.82. The lowest BCUT2D eigenvalue weighted by Gasteiger charge is -2.07. The zero-order valence-corrected chi connectivity index (χ0v) is 10.3. The van der Waals surface area contributed by atoms with Gasteiger partial charge in [-0.05, 0) is 30.3 Å². The first-order valence-electron chi connectivity index (χ1n) is 5.29. The molecule has 0 spiro atoms. The fourth-order valence-electron chi connectivity index (χ4n) is 1.46. The van der Waals surface area contributed by atoms with E-state index in [4.69, 9.17) is 17.3 Å². The van der Waals surface area contributed by atoms with Gasteiger partial charge in [-0.15, -0.1) is 0 Å². The molecule has 0 aliphatic heterocycles. The fourth-order valence-corrected chi connectivity index (χ4v) is 1.64. The normalized spacial score (nSPS) is 10.3. The van der Waals surface area contributed by atoms with Gasteiger partial charge >= 0.3 is 0 Å². The summed E-state index contributed by atoms with van der Waals surface area (Å²) in [4.78, 5) is 11.8. The molecule has 6 heteroatoms. The van der Waals surface area contributed by atoms with Crippen molar-refractivity contribution in [3.63, 3.8) is 0 Å². The van der Waals surface area contributed by atoms with E-state index < -0.39 is 17.5 Å². The van der Waals surface area contributed by atoms with E-state index in [0.29, 0.717) is 0 Å². The third-order valence-corrected chi connectivity index (χ3v) is 2.75. The van der Waals surface area contributed by atoms with Gasteiger partial charge in [0.15, 0.2) is 5.82 Å². The van der Waals surface area contributed by atoms with Crippen LogP contribution in [0.2, 0.25) is 5.02 Å². The maximum atomic E-state index is 13.6. The lowest BCUT2D eigenvalue weighted by Crippen LogP contribution is -2.13. The number of carbonyl (C=O) groups excluding carboxylic acids is 1. The van der Waals surface area contributed by atoms with Crippen molar-refractivity contribution >= 4 is 28.9 Å². The molecule has 0 aliphatic carbocycles. The molecule has 0 bridgehead atoms. The number of nitrogens with one attached hydrogen (secondary N) is 1. The number of halogens is 3. The van der Waals surface area contributed by atoms with Crippen molar-refractivity contribution in [2.45, 2.75) is 0 Å². The summed E-state index contributed by atoms with van der Waals surface area (Å²) in [5.41, 5.74) is 5.20. The van der Waals surface area contributed by atoms with E-state index in [0.717, 1.165) is 6.07 Å². The lowest BCUT2D eigenvalue weighted by atomic mass is 10.2. The number of nitrogen functional groups attached to an aromatic ring is 1.